The third kappa shape index (κ3) is 3.41. The molecule has 5 heteroatoms. The van der Waals surface area contributed by atoms with Crippen LogP contribution in [0, 0.1) is 0 Å². The van der Waals surface area contributed by atoms with Gasteiger partial charge in [-0.15, -0.1) is 0 Å². The molecule has 3 rings (SSSR count). The van der Waals surface area contributed by atoms with E-state index in [1.807, 2.05) is 28.8 Å². The Balaban J connectivity index is 1.90. The Morgan fingerprint density at radius 3 is 2.67 bits per heavy atom. The monoisotopic (exact) mass is 323 g/mol. The van der Waals surface area contributed by atoms with Crippen molar-refractivity contribution in [3.8, 4) is 11.3 Å². The van der Waals surface area contributed by atoms with Gasteiger partial charge in [0.2, 0.25) is 0 Å². The number of aromatic nitrogens is 3. The molecule has 126 valence electrons. The summed E-state index contributed by atoms with van der Waals surface area (Å²) < 4.78 is 1.87. The first-order valence-electron chi connectivity index (χ1n) is 8.57. The van der Waals surface area contributed by atoms with Gasteiger partial charge in [-0.1, -0.05) is 44.2 Å². The largest absolute Gasteiger partial charge is 0.368 e. The lowest BCUT2D eigenvalue weighted by molar-refractivity contribution is 0.257. The van der Waals surface area contributed by atoms with E-state index in [0.717, 1.165) is 42.2 Å². The van der Waals surface area contributed by atoms with Gasteiger partial charge in [0.1, 0.15) is 5.82 Å². The maximum absolute atomic E-state index is 4.71. The number of nitrogens with zero attached hydrogens (tertiary/aromatic N) is 4. The fourth-order valence-electron chi connectivity index (χ4n) is 2.89. The standard InChI is InChI=1S/C19H25N5/c1-4-16(23(3)5-2)14-20-19-13-17(15-9-7-6-8-10-15)22-18-11-12-21-24(18)19/h6-13,16,20H,4-5,14H2,1-3H3/t16-/m1/s1. The summed E-state index contributed by atoms with van der Waals surface area (Å²) in [5.41, 5.74) is 2.93. The molecule has 0 spiro atoms. The first-order chi connectivity index (χ1) is 11.7. The van der Waals surface area contributed by atoms with Gasteiger partial charge in [-0.05, 0) is 20.0 Å². The number of hydrogen-bond acceptors (Lipinski definition) is 4. The van der Waals surface area contributed by atoms with Crippen LogP contribution >= 0.6 is 0 Å². The minimum atomic E-state index is 0.494. The molecule has 0 aliphatic heterocycles. The van der Waals surface area contributed by atoms with Gasteiger partial charge in [-0.2, -0.15) is 9.61 Å². The molecule has 0 aliphatic carbocycles. The van der Waals surface area contributed by atoms with Crippen LogP contribution in [0.25, 0.3) is 16.9 Å². The van der Waals surface area contributed by atoms with Crippen LogP contribution in [0.15, 0.2) is 48.7 Å². The van der Waals surface area contributed by atoms with E-state index in [1.165, 1.54) is 0 Å². The second-order valence-corrected chi connectivity index (χ2v) is 6.01. The van der Waals surface area contributed by atoms with E-state index in [4.69, 9.17) is 4.98 Å². The topological polar surface area (TPSA) is 45.5 Å². The van der Waals surface area contributed by atoms with Crippen molar-refractivity contribution in [2.24, 2.45) is 0 Å². The van der Waals surface area contributed by atoms with Crippen molar-refractivity contribution in [1.82, 2.24) is 19.5 Å². The lowest BCUT2D eigenvalue weighted by Gasteiger charge is -2.26. The van der Waals surface area contributed by atoms with Gasteiger partial charge in [0.05, 0.1) is 11.9 Å². The number of benzene rings is 1. The molecular weight excluding hydrogens is 298 g/mol. The number of fused-ring (bicyclic) bond motifs is 1. The van der Waals surface area contributed by atoms with E-state index in [0.29, 0.717) is 6.04 Å². The third-order valence-corrected chi connectivity index (χ3v) is 4.54. The Morgan fingerprint density at radius 1 is 1.17 bits per heavy atom. The molecule has 0 saturated heterocycles. The van der Waals surface area contributed by atoms with E-state index in [2.05, 4.69) is 54.4 Å². The van der Waals surface area contributed by atoms with E-state index in [9.17, 15) is 0 Å². The van der Waals surface area contributed by atoms with Gasteiger partial charge in [0, 0.05) is 30.3 Å². The van der Waals surface area contributed by atoms with Gasteiger partial charge in [-0.3, -0.25) is 0 Å². The number of likely N-dealkylation sites (N-methyl/N-ethyl adjacent to an activating group) is 1. The average Bonchev–Trinajstić information content (AvgIpc) is 3.11. The van der Waals surface area contributed by atoms with Gasteiger partial charge in [-0.25, -0.2) is 4.98 Å². The summed E-state index contributed by atoms with van der Waals surface area (Å²) in [5, 5.41) is 7.97. The van der Waals surface area contributed by atoms with Crippen LogP contribution in [-0.2, 0) is 0 Å². The molecule has 0 unspecified atom stereocenters. The minimum Gasteiger partial charge on any atom is -0.368 e. The summed E-state index contributed by atoms with van der Waals surface area (Å²) in [6.45, 7) is 6.34. The Kier molecular flexibility index (Phi) is 5.11. The van der Waals surface area contributed by atoms with Crippen LogP contribution in [0.3, 0.4) is 0 Å². The Morgan fingerprint density at radius 2 is 1.96 bits per heavy atom. The normalized spacial score (nSPS) is 12.7. The molecule has 1 aromatic carbocycles. The second kappa shape index (κ2) is 7.45. The lowest BCUT2D eigenvalue weighted by atomic mass is 10.1. The zero-order chi connectivity index (χ0) is 16.9. The number of hydrogen-bond donors (Lipinski definition) is 1. The zero-order valence-electron chi connectivity index (χ0n) is 14.6. The van der Waals surface area contributed by atoms with Gasteiger partial charge in [0.25, 0.3) is 0 Å². The predicted molar refractivity (Wildman–Crippen MR) is 99.3 cm³/mol. The number of rotatable bonds is 7. The van der Waals surface area contributed by atoms with Crippen LogP contribution in [0.2, 0.25) is 0 Å². The summed E-state index contributed by atoms with van der Waals surface area (Å²) >= 11 is 0. The SMILES string of the molecule is CC[C@H](CNc1cc(-c2ccccc2)nc2ccnn12)N(C)CC. The molecule has 2 aromatic heterocycles. The molecule has 24 heavy (non-hydrogen) atoms. The van der Waals surface area contributed by atoms with Crippen molar-refractivity contribution in [2.75, 3.05) is 25.5 Å². The summed E-state index contributed by atoms with van der Waals surface area (Å²) in [5.74, 6) is 0.979. The van der Waals surface area contributed by atoms with Crippen LogP contribution in [0.4, 0.5) is 5.82 Å². The van der Waals surface area contributed by atoms with Crippen molar-refractivity contribution >= 4 is 11.5 Å². The maximum Gasteiger partial charge on any atom is 0.157 e. The molecule has 2 heterocycles. The zero-order valence-corrected chi connectivity index (χ0v) is 14.6. The minimum absolute atomic E-state index is 0.494. The summed E-state index contributed by atoms with van der Waals surface area (Å²) in [6.07, 6.45) is 2.90. The molecule has 0 aliphatic rings. The highest BCUT2D eigenvalue weighted by Gasteiger charge is 2.13. The summed E-state index contributed by atoms with van der Waals surface area (Å²) in [7, 11) is 2.17. The quantitative estimate of drug-likeness (QED) is 0.722. The Labute approximate surface area is 143 Å². The lowest BCUT2D eigenvalue weighted by Crippen LogP contribution is -2.36. The highest BCUT2D eigenvalue weighted by molar-refractivity contribution is 5.66. The smallest absolute Gasteiger partial charge is 0.157 e. The van der Waals surface area contributed by atoms with Crippen LogP contribution < -0.4 is 5.32 Å². The predicted octanol–water partition coefficient (Wildman–Crippen LogP) is 3.54. The van der Waals surface area contributed by atoms with E-state index < -0.39 is 0 Å². The fraction of sp³-hybridized carbons (Fsp3) is 0.368. The van der Waals surface area contributed by atoms with Crippen molar-refractivity contribution in [2.45, 2.75) is 26.3 Å². The van der Waals surface area contributed by atoms with Crippen LogP contribution in [0.5, 0.6) is 0 Å². The first kappa shape index (κ1) is 16.5. The number of nitrogens with one attached hydrogen (secondary N) is 1. The van der Waals surface area contributed by atoms with Gasteiger partial charge >= 0.3 is 0 Å². The van der Waals surface area contributed by atoms with Crippen LogP contribution in [0.1, 0.15) is 20.3 Å². The molecule has 5 nitrogen and oxygen atoms in total. The molecule has 1 N–H and O–H groups in total. The molecule has 1 atom stereocenters. The van der Waals surface area contributed by atoms with Crippen LogP contribution in [-0.4, -0.2) is 45.7 Å². The van der Waals surface area contributed by atoms with Crippen molar-refractivity contribution in [3.05, 3.63) is 48.7 Å². The maximum atomic E-state index is 4.71. The van der Waals surface area contributed by atoms with Crippen molar-refractivity contribution in [3.63, 3.8) is 0 Å². The molecule has 0 bridgehead atoms. The van der Waals surface area contributed by atoms with Gasteiger partial charge < -0.3 is 10.2 Å². The summed E-state index contributed by atoms with van der Waals surface area (Å²) in [4.78, 5) is 7.08. The van der Waals surface area contributed by atoms with Crippen molar-refractivity contribution < 1.29 is 0 Å². The first-order valence-corrected chi connectivity index (χ1v) is 8.57. The van der Waals surface area contributed by atoms with Crippen molar-refractivity contribution in [1.29, 1.82) is 0 Å². The Hall–Kier alpha value is -2.40. The highest BCUT2D eigenvalue weighted by atomic mass is 15.3. The third-order valence-electron chi connectivity index (χ3n) is 4.54. The van der Waals surface area contributed by atoms with E-state index >= 15 is 0 Å². The average molecular weight is 323 g/mol. The van der Waals surface area contributed by atoms with E-state index in [1.54, 1.807) is 6.20 Å². The second-order valence-electron chi connectivity index (χ2n) is 6.01. The molecule has 0 saturated carbocycles. The highest BCUT2D eigenvalue weighted by Crippen LogP contribution is 2.22. The molecule has 0 amide bonds. The molecular formula is C19H25N5. The van der Waals surface area contributed by atoms with Gasteiger partial charge in [0.15, 0.2) is 5.65 Å². The Bertz CT molecular complexity index is 781. The molecule has 0 fully saturated rings. The fourth-order valence-corrected chi connectivity index (χ4v) is 2.89. The molecule has 3 aromatic rings. The molecule has 0 radical (unpaired) electrons. The summed E-state index contributed by atoms with van der Waals surface area (Å²) in [6, 6.07) is 14.8. The number of anilines is 1. The van der Waals surface area contributed by atoms with E-state index in [-0.39, 0.29) is 0 Å².